The number of anilines is 3. The lowest BCUT2D eigenvalue weighted by molar-refractivity contribution is -0.274. The van der Waals surface area contributed by atoms with Crippen molar-refractivity contribution in [2.45, 2.75) is 25.2 Å². The summed E-state index contributed by atoms with van der Waals surface area (Å²) in [5.74, 6) is 1.31. The van der Waals surface area contributed by atoms with Crippen LogP contribution in [0, 0.1) is 0 Å². The summed E-state index contributed by atoms with van der Waals surface area (Å²) >= 11 is 0. The highest BCUT2D eigenvalue weighted by molar-refractivity contribution is 5.79. The number of carbonyl (C=O) groups is 1. The van der Waals surface area contributed by atoms with E-state index < -0.39 is 12.1 Å². The lowest BCUT2D eigenvalue weighted by Gasteiger charge is -2.38. The summed E-state index contributed by atoms with van der Waals surface area (Å²) in [6, 6.07) is 7.69. The molecule has 2 aliphatic rings. The molecule has 5 heterocycles. The lowest BCUT2D eigenvalue weighted by atomic mass is 10.1. The molecule has 34 heavy (non-hydrogen) atoms. The van der Waals surface area contributed by atoms with Crippen molar-refractivity contribution < 1.29 is 22.7 Å². The lowest BCUT2D eigenvalue weighted by Crippen LogP contribution is -2.51. The van der Waals surface area contributed by atoms with Crippen molar-refractivity contribution >= 4 is 23.4 Å². The first-order valence-electron chi connectivity index (χ1n) is 10.7. The van der Waals surface area contributed by atoms with E-state index in [0.717, 1.165) is 18.6 Å². The van der Waals surface area contributed by atoms with E-state index in [-0.39, 0.29) is 17.8 Å². The molecular weight excluding hydrogens is 451 g/mol. The molecule has 2 fully saturated rings. The number of pyridine rings is 2. The van der Waals surface area contributed by atoms with Gasteiger partial charge in [0.05, 0.1) is 0 Å². The molecule has 1 atom stereocenters. The second-order valence-corrected chi connectivity index (χ2v) is 7.95. The van der Waals surface area contributed by atoms with Gasteiger partial charge in [-0.25, -0.2) is 15.0 Å². The van der Waals surface area contributed by atoms with Crippen LogP contribution >= 0.6 is 0 Å². The third-order valence-electron chi connectivity index (χ3n) is 5.67. The van der Waals surface area contributed by atoms with Crippen LogP contribution in [0.2, 0.25) is 0 Å². The van der Waals surface area contributed by atoms with Crippen LogP contribution < -0.4 is 15.0 Å². The fraction of sp³-hybridized carbons (Fsp3) is 0.318. The number of rotatable bonds is 5. The maximum atomic E-state index is 12.6. The molecule has 1 unspecified atom stereocenters. The number of carbonyl (C=O) groups excluding carboxylic acids is 1. The van der Waals surface area contributed by atoms with E-state index in [0.29, 0.717) is 49.1 Å². The highest BCUT2D eigenvalue weighted by Gasteiger charge is 2.36. The van der Waals surface area contributed by atoms with Gasteiger partial charge >= 0.3 is 6.36 Å². The molecule has 176 valence electrons. The molecule has 12 heteroatoms. The van der Waals surface area contributed by atoms with Gasteiger partial charge < -0.3 is 19.9 Å². The van der Waals surface area contributed by atoms with E-state index in [4.69, 9.17) is 4.98 Å². The average molecular weight is 471 g/mol. The van der Waals surface area contributed by atoms with Crippen LogP contribution in [0.5, 0.6) is 5.75 Å². The normalized spacial score (nSPS) is 18.1. The molecule has 2 aliphatic heterocycles. The number of halogens is 3. The Balaban J connectivity index is 1.45. The van der Waals surface area contributed by atoms with Crippen molar-refractivity contribution in [2.75, 3.05) is 29.9 Å². The second-order valence-electron chi connectivity index (χ2n) is 7.95. The third-order valence-corrected chi connectivity index (χ3v) is 5.67. The zero-order valence-corrected chi connectivity index (χ0v) is 17.9. The molecule has 1 amide bonds. The van der Waals surface area contributed by atoms with Gasteiger partial charge in [-0.1, -0.05) is 0 Å². The third kappa shape index (κ3) is 4.85. The molecule has 3 aromatic heterocycles. The van der Waals surface area contributed by atoms with Gasteiger partial charge in [-0.15, -0.1) is 13.2 Å². The molecule has 0 bridgehead atoms. The summed E-state index contributed by atoms with van der Waals surface area (Å²) in [4.78, 5) is 33.5. The molecule has 3 aromatic rings. The van der Waals surface area contributed by atoms with Gasteiger partial charge in [-0.3, -0.25) is 9.78 Å². The van der Waals surface area contributed by atoms with Crippen molar-refractivity contribution in [3.05, 3.63) is 48.9 Å². The quantitative estimate of drug-likeness (QED) is 0.605. The summed E-state index contributed by atoms with van der Waals surface area (Å²) < 4.78 is 41.8. The van der Waals surface area contributed by atoms with Gasteiger partial charge in [0, 0.05) is 68.4 Å². The number of hydrogen-bond donors (Lipinski definition) is 1. The molecule has 0 spiro atoms. The number of nitrogens with zero attached hydrogens (tertiary/aromatic N) is 6. The number of nitrogens with one attached hydrogen (secondary N) is 1. The maximum Gasteiger partial charge on any atom is 0.573 e. The molecule has 5 rings (SSSR count). The number of piperazine rings is 1. The van der Waals surface area contributed by atoms with Gasteiger partial charge in [0.15, 0.2) is 5.82 Å². The Morgan fingerprint density at radius 3 is 2.76 bits per heavy atom. The van der Waals surface area contributed by atoms with Crippen molar-refractivity contribution in [1.82, 2.24) is 24.8 Å². The Kier molecular flexibility index (Phi) is 5.64. The van der Waals surface area contributed by atoms with Gasteiger partial charge in [0.1, 0.15) is 23.2 Å². The minimum absolute atomic E-state index is 0.132. The number of alkyl halides is 3. The zero-order valence-electron chi connectivity index (χ0n) is 17.9. The first kappa shape index (κ1) is 21.9. The Morgan fingerprint density at radius 2 is 1.97 bits per heavy atom. The molecule has 1 N–H and O–H groups in total. The standard InChI is InChI=1S/C22H20F3N7O2/c23-22(24,25)34-16-5-7-27-17(10-16)28-18-11-19(30-21(29-18)14-2-1-6-26-12-14)31-8-9-32-15(13-31)3-4-20(32)33/h1-2,5-7,10-12,15H,3-4,8-9,13H2,(H,27,28,29,30). The van der Waals surface area contributed by atoms with Crippen LogP contribution in [0.3, 0.4) is 0 Å². The highest BCUT2D eigenvalue weighted by Crippen LogP contribution is 2.30. The number of aromatic nitrogens is 4. The van der Waals surface area contributed by atoms with Crippen molar-refractivity contribution in [3.63, 3.8) is 0 Å². The Labute approximate surface area is 192 Å². The molecular formula is C22H20F3N7O2. The SMILES string of the molecule is O=C1CCC2CN(c3cc(Nc4cc(OC(F)(F)F)ccn4)nc(-c4cccnc4)n3)CCN12. The number of hydrogen-bond acceptors (Lipinski definition) is 8. The van der Waals surface area contributed by atoms with E-state index >= 15 is 0 Å². The molecule has 0 radical (unpaired) electrons. The fourth-order valence-electron chi connectivity index (χ4n) is 4.16. The molecule has 0 aromatic carbocycles. The van der Waals surface area contributed by atoms with E-state index in [1.54, 1.807) is 24.5 Å². The first-order valence-corrected chi connectivity index (χ1v) is 10.7. The van der Waals surface area contributed by atoms with Crippen LogP contribution in [0.1, 0.15) is 12.8 Å². The summed E-state index contributed by atoms with van der Waals surface area (Å²) in [6.45, 7) is 1.86. The van der Waals surface area contributed by atoms with Crippen molar-refractivity contribution in [3.8, 4) is 17.1 Å². The van der Waals surface area contributed by atoms with Gasteiger partial charge in [0.2, 0.25) is 5.91 Å². The average Bonchev–Trinajstić information content (AvgIpc) is 3.18. The summed E-state index contributed by atoms with van der Waals surface area (Å²) in [5.41, 5.74) is 0.684. The second kappa shape index (κ2) is 8.76. The smallest absolute Gasteiger partial charge is 0.406 e. The van der Waals surface area contributed by atoms with Gasteiger partial charge in [-0.05, 0) is 24.6 Å². The van der Waals surface area contributed by atoms with E-state index in [9.17, 15) is 18.0 Å². The molecule has 0 aliphatic carbocycles. The largest absolute Gasteiger partial charge is 0.573 e. The predicted octanol–water partition coefficient (Wildman–Crippen LogP) is 3.39. The summed E-state index contributed by atoms with van der Waals surface area (Å²) in [6.07, 6.45) is 1.03. The van der Waals surface area contributed by atoms with Crippen LogP contribution in [-0.2, 0) is 4.79 Å². The van der Waals surface area contributed by atoms with E-state index in [2.05, 4.69) is 29.9 Å². The summed E-state index contributed by atoms with van der Waals surface area (Å²) in [7, 11) is 0. The Morgan fingerprint density at radius 1 is 1.09 bits per heavy atom. The Bertz CT molecular complexity index is 1190. The molecule has 2 saturated heterocycles. The van der Waals surface area contributed by atoms with Crippen LogP contribution in [-0.4, -0.2) is 62.8 Å². The monoisotopic (exact) mass is 471 g/mol. The fourth-order valence-corrected chi connectivity index (χ4v) is 4.16. The number of ether oxygens (including phenoxy) is 1. The topological polar surface area (TPSA) is 96.4 Å². The predicted molar refractivity (Wildman–Crippen MR) is 116 cm³/mol. The van der Waals surface area contributed by atoms with Crippen molar-refractivity contribution in [1.29, 1.82) is 0 Å². The van der Waals surface area contributed by atoms with Crippen LogP contribution in [0.4, 0.5) is 30.6 Å². The van der Waals surface area contributed by atoms with Crippen LogP contribution in [0.15, 0.2) is 48.9 Å². The number of fused-ring (bicyclic) bond motifs is 1. The first-order chi connectivity index (χ1) is 16.3. The highest BCUT2D eigenvalue weighted by atomic mass is 19.4. The maximum absolute atomic E-state index is 12.6. The van der Waals surface area contributed by atoms with Gasteiger partial charge in [0.25, 0.3) is 0 Å². The summed E-state index contributed by atoms with van der Waals surface area (Å²) in [5, 5.41) is 2.95. The van der Waals surface area contributed by atoms with E-state index in [1.165, 1.54) is 6.20 Å². The number of amides is 1. The zero-order chi connectivity index (χ0) is 23.7. The van der Waals surface area contributed by atoms with Crippen molar-refractivity contribution in [2.24, 2.45) is 0 Å². The van der Waals surface area contributed by atoms with Crippen LogP contribution in [0.25, 0.3) is 11.4 Å². The molecule has 0 saturated carbocycles. The minimum atomic E-state index is -4.81. The van der Waals surface area contributed by atoms with E-state index in [1.807, 2.05) is 11.0 Å². The molecule has 9 nitrogen and oxygen atoms in total. The van der Waals surface area contributed by atoms with Gasteiger partial charge in [-0.2, -0.15) is 0 Å². The minimum Gasteiger partial charge on any atom is -0.406 e. The Hall–Kier alpha value is -3.96.